The van der Waals surface area contributed by atoms with Gasteiger partial charge in [-0.05, 0) is 25.7 Å². The van der Waals surface area contributed by atoms with Gasteiger partial charge in [0.2, 0.25) is 0 Å². The minimum atomic E-state index is -1.02. The van der Waals surface area contributed by atoms with E-state index in [1.165, 1.54) is 25.7 Å². The smallest absolute Gasteiger partial charge is 0.381 e. The molecule has 140 valence electrons. The molecule has 2 nitrogen and oxygen atoms in total. The second kappa shape index (κ2) is 12.5. The maximum atomic E-state index is 4.94. The fraction of sp³-hybridized carbons (Fsp3) is 0.944. The Morgan fingerprint density at radius 2 is 0.708 bits per heavy atom. The summed E-state index contributed by atoms with van der Waals surface area (Å²) in [6.07, 6.45) is 5.11. The van der Waals surface area contributed by atoms with Crippen LogP contribution in [-0.4, -0.2) is 50.6 Å². The van der Waals surface area contributed by atoms with E-state index >= 15 is 0 Å². The summed E-state index contributed by atoms with van der Waals surface area (Å²) in [6, 6.07) is 0. The second-order valence-corrected chi connectivity index (χ2v) is 26.3. The van der Waals surface area contributed by atoms with Gasteiger partial charge in [-0.25, -0.2) is 0 Å². The first kappa shape index (κ1) is 27.4. The van der Waals surface area contributed by atoms with Crippen molar-refractivity contribution in [1.29, 1.82) is 0 Å². The first-order chi connectivity index (χ1) is 10.4. The van der Waals surface area contributed by atoms with Crippen molar-refractivity contribution in [2.75, 3.05) is 26.4 Å². The summed E-state index contributed by atoms with van der Waals surface area (Å²) in [5.74, 6) is 0. The van der Waals surface area contributed by atoms with Gasteiger partial charge in [-0.3, -0.25) is 0 Å². The molecule has 0 bridgehead atoms. The van der Waals surface area contributed by atoms with E-state index in [-0.39, 0.29) is 18.9 Å². The van der Waals surface area contributed by atoms with Gasteiger partial charge in [-0.1, -0.05) is 58.9 Å². The topological polar surface area (TPSA) is 18.5 Å². The van der Waals surface area contributed by atoms with E-state index in [9.17, 15) is 0 Å². The van der Waals surface area contributed by atoms with Crippen molar-refractivity contribution in [1.82, 2.24) is 0 Å². The monoisotopic (exact) mass is 382 g/mol. The molecule has 2 aliphatic rings. The third-order valence-electron chi connectivity index (χ3n) is 3.90. The van der Waals surface area contributed by atoms with E-state index in [0.29, 0.717) is 0 Å². The van der Waals surface area contributed by atoms with Crippen molar-refractivity contribution in [3.8, 4) is 0 Å². The third-order valence-corrected chi connectivity index (χ3v) is 21.9. The van der Waals surface area contributed by atoms with Crippen molar-refractivity contribution < 1.29 is 28.3 Å². The Kier molecular flexibility index (Phi) is 14.3. The number of hydrogen-bond donors (Lipinski definition) is 0. The summed E-state index contributed by atoms with van der Waals surface area (Å²) in [6.45, 7) is 26.7. The Balaban J connectivity index is 0. The van der Waals surface area contributed by atoms with Crippen molar-refractivity contribution in [2.45, 2.75) is 84.6 Å². The van der Waals surface area contributed by atoms with Crippen LogP contribution in [0, 0.1) is 4.79 Å². The third kappa shape index (κ3) is 13.4. The molecule has 6 heteroatoms. The van der Waals surface area contributed by atoms with Crippen LogP contribution >= 0.6 is 0 Å². The Bertz CT molecular complexity index is 240. The Labute approximate surface area is 168 Å². The average molecular weight is 383 g/mol. The first-order valence-electron chi connectivity index (χ1n) is 9.40. The molecule has 0 radical (unpaired) electrons. The van der Waals surface area contributed by atoms with Gasteiger partial charge in [0.05, 0.1) is 0 Å². The summed E-state index contributed by atoms with van der Waals surface area (Å²) in [4.78, 5) is 2.06. The summed E-state index contributed by atoms with van der Waals surface area (Å²) >= 11 is 0. The Hall–Kier alpha value is 1.17. The van der Waals surface area contributed by atoms with Crippen LogP contribution in [0.1, 0.15) is 25.7 Å². The molecule has 0 aliphatic carbocycles. The van der Waals surface area contributed by atoms with Gasteiger partial charge < -0.3 is 14.3 Å². The molecular formula is C18H43LiO2Si3. The van der Waals surface area contributed by atoms with Gasteiger partial charge >= 0.3 is 18.9 Å². The fourth-order valence-electron chi connectivity index (χ4n) is 4.40. The number of hydrogen-bond acceptors (Lipinski definition) is 2. The zero-order valence-corrected chi connectivity index (χ0v) is 21.5. The van der Waals surface area contributed by atoms with E-state index in [4.69, 9.17) is 9.47 Å². The SMILES string of the molecule is C1CCOC1.C1CCOC1.C[Si](C)(C)[C-]([Si](C)(C)C)[Si](C)(C)C.[Li+]. The van der Waals surface area contributed by atoms with Crippen LogP contribution in [0.5, 0.6) is 0 Å². The molecule has 0 unspecified atom stereocenters. The maximum Gasteiger partial charge on any atom is 1.00 e. The zero-order valence-electron chi connectivity index (χ0n) is 18.5. The molecule has 2 aliphatic heterocycles. The molecule has 0 N–H and O–H groups in total. The van der Waals surface area contributed by atoms with Crippen molar-refractivity contribution in [3.63, 3.8) is 0 Å². The molecule has 2 saturated heterocycles. The molecule has 0 aromatic rings. The van der Waals surface area contributed by atoms with Crippen LogP contribution in [0.3, 0.4) is 0 Å². The average Bonchev–Trinajstić information content (AvgIpc) is 3.03. The quantitative estimate of drug-likeness (QED) is 0.552. The Morgan fingerprint density at radius 1 is 0.500 bits per heavy atom. The molecule has 0 saturated carbocycles. The minimum Gasteiger partial charge on any atom is -0.381 e. The van der Waals surface area contributed by atoms with Gasteiger partial charge in [0.25, 0.3) is 0 Å². The minimum absolute atomic E-state index is 0. The maximum absolute atomic E-state index is 4.94. The fourth-order valence-corrected chi connectivity index (χ4v) is 31.4. The summed E-state index contributed by atoms with van der Waals surface area (Å²) in [5, 5.41) is 0. The summed E-state index contributed by atoms with van der Waals surface area (Å²) in [7, 11) is -3.05. The first-order valence-corrected chi connectivity index (χ1v) is 19.9. The van der Waals surface area contributed by atoms with Gasteiger partial charge in [-0.15, -0.1) is 24.2 Å². The second-order valence-electron chi connectivity index (χ2n) is 9.76. The zero-order chi connectivity index (χ0) is 18.1. The molecule has 2 heterocycles. The van der Waals surface area contributed by atoms with E-state index in [2.05, 4.69) is 63.7 Å². The molecular weight excluding hydrogens is 339 g/mol. The van der Waals surface area contributed by atoms with Crippen molar-refractivity contribution in [2.24, 2.45) is 0 Å². The van der Waals surface area contributed by atoms with Crippen LogP contribution < -0.4 is 18.9 Å². The van der Waals surface area contributed by atoms with E-state index in [1.54, 1.807) is 0 Å². The molecule has 0 atom stereocenters. The summed E-state index contributed by atoms with van der Waals surface area (Å²) < 4.78 is 9.89. The molecule has 0 aromatic heterocycles. The van der Waals surface area contributed by atoms with Gasteiger partial charge in [0.15, 0.2) is 0 Å². The van der Waals surface area contributed by atoms with Gasteiger partial charge in [0.1, 0.15) is 0 Å². The molecule has 0 aromatic carbocycles. The molecule has 24 heavy (non-hydrogen) atoms. The van der Waals surface area contributed by atoms with Gasteiger partial charge in [0, 0.05) is 26.4 Å². The normalized spacial score (nSPS) is 18.2. The molecule has 0 amide bonds. The number of rotatable bonds is 3. The van der Waals surface area contributed by atoms with Crippen molar-refractivity contribution >= 4 is 24.2 Å². The molecule has 2 rings (SSSR count). The predicted octanol–water partition coefficient (Wildman–Crippen LogP) is 2.79. The van der Waals surface area contributed by atoms with E-state index in [1.807, 2.05) is 0 Å². The van der Waals surface area contributed by atoms with Crippen LogP contribution in [0.25, 0.3) is 0 Å². The largest absolute Gasteiger partial charge is 1.00 e. The van der Waals surface area contributed by atoms with Crippen LogP contribution in [0.2, 0.25) is 58.9 Å². The van der Waals surface area contributed by atoms with Gasteiger partial charge in [-0.2, -0.15) is 0 Å². The number of ether oxygens (including phenoxy) is 2. The Morgan fingerprint density at radius 3 is 0.750 bits per heavy atom. The van der Waals surface area contributed by atoms with E-state index in [0.717, 1.165) is 26.4 Å². The van der Waals surface area contributed by atoms with Crippen LogP contribution in [-0.2, 0) is 9.47 Å². The standard InChI is InChI=1S/C10H27Si3.2C4H8O.Li/c1-11(2,3)10(12(4,5)6)13(7,8)9;2*1-2-4-5-3-1;/h1-9H3;2*1-4H2;/q-1;;;+1. The summed E-state index contributed by atoms with van der Waals surface area (Å²) in [5.41, 5.74) is 0. The van der Waals surface area contributed by atoms with Crippen LogP contribution in [0.4, 0.5) is 0 Å². The van der Waals surface area contributed by atoms with Crippen LogP contribution in [0.15, 0.2) is 0 Å². The molecule has 2 fully saturated rings. The predicted molar refractivity (Wildman–Crippen MR) is 113 cm³/mol. The van der Waals surface area contributed by atoms with Crippen molar-refractivity contribution in [3.05, 3.63) is 4.79 Å². The molecule has 0 spiro atoms. The van der Waals surface area contributed by atoms with E-state index < -0.39 is 24.2 Å².